The molecule has 9 heteroatoms. The second kappa shape index (κ2) is 23.5. The van der Waals surface area contributed by atoms with E-state index in [1.807, 2.05) is 24.3 Å². The molecular weight excluding hydrogens is 586 g/mol. The van der Waals surface area contributed by atoms with E-state index in [1.54, 1.807) is 23.2 Å². The van der Waals surface area contributed by atoms with Crippen molar-refractivity contribution in [3.05, 3.63) is 48.2 Å². The second-order valence-corrected chi connectivity index (χ2v) is 13.3. The van der Waals surface area contributed by atoms with E-state index in [0.717, 1.165) is 32.5 Å². The van der Waals surface area contributed by atoms with Crippen molar-refractivity contribution in [2.45, 2.75) is 103 Å². The number of pyridine rings is 1. The number of nitrogens with two attached hydrogens (primary N) is 1. The third kappa shape index (κ3) is 14.8. The minimum atomic E-state index is -0.249. The fraction of sp³-hybridized carbons (Fsp3) is 0.658. The number of aromatic nitrogens is 1. The number of hydrogen-bond donors (Lipinski definition) is 3. The van der Waals surface area contributed by atoms with Gasteiger partial charge in [-0.05, 0) is 129 Å². The number of para-hydroxylation sites is 2. The monoisotopic (exact) mass is 650 g/mol. The fourth-order valence-corrected chi connectivity index (χ4v) is 6.24. The number of amides is 2. The standard InChI is InChI=1S/C38H63N7O2/c1-43(31-17-9-5-13-25-39)29-15-7-3-4-8-16-30-44(2)32-18-10-6-14-26-40-27-20-24-36(46)45-35-23-12-11-22-34(35)42-38(47)33-21-19-28-41-37(33)45/h11-12,19,21-23,28,40H,3-10,13-18,20,24-27,29-32,39H2,1-2H3,(H,42,47). The number of fused-ring (bicyclic) bond motifs is 2. The maximum absolute atomic E-state index is 13.4. The van der Waals surface area contributed by atoms with Crippen LogP contribution in [-0.4, -0.2) is 86.5 Å². The van der Waals surface area contributed by atoms with E-state index in [0.29, 0.717) is 29.2 Å². The minimum absolute atomic E-state index is 0.0563. The number of nitrogens with one attached hydrogen (secondary N) is 2. The van der Waals surface area contributed by atoms with Crippen molar-refractivity contribution >= 4 is 29.0 Å². The molecule has 47 heavy (non-hydrogen) atoms. The molecule has 0 unspecified atom stereocenters. The molecule has 2 heterocycles. The van der Waals surface area contributed by atoms with Crippen molar-refractivity contribution < 1.29 is 9.59 Å². The maximum atomic E-state index is 13.4. The van der Waals surface area contributed by atoms with Gasteiger partial charge in [-0.2, -0.15) is 0 Å². The molecule has 0 aliphatic carbocycles. The highest BCUT2D eigenvalue weighted by Crippen LogP contribution is 2.36. The lowest BCUT2D eigenvalue weighted by Crippen LogP contribution is -2.28. The number of rotatable bonds is 26. The Balaban J connectivity index is 1.14. The van der Waals surface area contributed by atoms with E-state index in [1.165, 1.54) is 110 Å². The smallest absolute Gasteiger partial charge is 0.259 e. The zero-order valence-electron chi connectivity index (χ0n) is 29.5. The van der Waals surface area contributed by atoms with Crippen LogP contribution >= 0.6 is 0 Å². The van der Waals surface area contributed by atoms with E-state index >= 15 is 0 Å². The molecule has 0 fully saturated rings. The third-order valence-corrected chi connectivity index (χ3v) is 9.10. The van der Waals surface area contributed by atoms with Gasteiger partial charge in [0.15, 0.2) is 5.82 Å². The van der Waals surface area contributed by atoms with E-state index in [2.05, 4.69) is 39.5 Å². The van der Waals surface area contributed by atoms with Crippen molar-refractivity contribution in [2.75, 3.05) is 70.1 Å². The Hall–Kier alpha value is -2.85. The third-order valence-electron chi connectivity index (χ3n) is 9.10. The van der Waals surface area contributed by atoms with Crippen LogP contribution in [0.2, 0.25) is 0 Å². The predicted octanol–water partition coefficient (Wildman–Crippen LogP) is 6.97. The summed E-state index contributed by atoms with van der Waals surface area (Å²) in [6.07, 6.45) is 20.8. The number of unbranched alkanes of at least 4 members (excludes halogenated alkanes) is 11. The number of carbonyl (C=O) groups is 2. The number of nitrogens with zero attached hydrogens (tertiary/aromatic N) is 4. The molecule has 2 amide bonds. The molecule has 1 aromatic carbocycles. The van der Waals surface area contributed by atoms with Crippen LogP contribution in [0.25, 0.3) is 0 Å². The average Bonchev–Trinajstić information content (AvgIpc) is 3.20. The fourth-order valence-electron chi connectivity index (χ4n) is 6.24. The molecule has 0 radical (unpaired) electrons. The molecule has 4 N–H and O–H groups in total. The number of hydrogen-bond acceptors (Lipinski definition) is 7. The van der Waals surface area contributed by atoms with E-state index < -0.39 is 0 Å². The lowest BCUT2D eigenvalue weighted by molar-refractivity contribution is -0.118. The summed E-state index contributed by atoms with van der Waals surface area (Å²) < 4.78 is 0. The summed E-state index contributed by atoms with van der Waals surface area (Å²) in [7, 11) is 4.53. The van der Waals surface area contributed by atoms with Gasteiger partial charge < -0.3 is 26.2 Å². The minimum Gasteiger partial charge on any atom is -0.330 e. The molecule has 0 saturated carbocycles. The largest absolute Gasteiger partial charge is 0.330 e. The van der Waals surface area contributed by atoms with Gasteiger partial charge in [-0.15, -0.1) is 0 Å². The summed E-state index contributed by atoms with van der Waals surface area (Å²) in [5, 5.41) is 6.42. The van der Waals surface area contributed by atoms with Crippen molar-refractivity contribution in [3.63, 3.8) is 0 Å². The quantitative estimate of drug-likeness (QED) is 0.0946. The Kier molecular flexibility index (Phi) is 19.3. The molecule has 1 aromatic heterocycles. The van der Waals surface area contributed by atoms with Crippen molar-refractivity contribution in [2.24, 2.45) is 5.73 Å². The van der Waals surface area contributed by atoms with Gasteiger partial charge in [-0.25, -0.2) is 4.98 Å². The zero-order valence-corrected chi connectivity index (χ0v) is 29.5. The molecule has 0 spiro atoms. The summed E-state index contributed by atoms with van der Waals surface area (Å²) in [6, 6.07) is 10.8. The highest BCUT2D eigenvalue weighted by Gasteiger charge is 2.29. The van der Waals surface area contributed by atoms with Gasteiger partial charge in [0.2, 0.25) is 5.91 Å². The first-order valence-corrected chi connectivity index (χ1v) is 18.5. The Morgan fingerprint density at radius 2 is 1.30 bits per heavy atom. The number of benzene rings is 1. The van der Waals surface area contributed by atoms with Crippen LogP contribution in [0.15, 0.2) is 42.6 Å². The highest BCUT2D eigenvalue weighted by atomic mass is 16.2. The van der Waals surface area contributed by atoms with Gasteiger partial charge in [-0.1, -0.05) is 63.5 Å². The van der Waals surface area contributed by atoms with Crippen molar-refractivity contribution in [3.8, 4) is 0 Å². The molecule has 1 aliphatic rings. The van der Waals surface area contributed by atoms with Gasteiger partial charge in [0.1, 0.15) is 0 Å². The summed E-state index contributed by atoms with van der Waals surface area (Å²) in [5.41, 5.74) is 7.25. The highest BCUT2D eigenvalue weighted by molar-refractivity contribution is 6.16. The number of anilines is 3. The Morgan fingerprint density at radius 1 is 0.745 bits per heavy atom. The second-order valence-electron chi connectivity index (χ2n) is 13.3. The van der Waals surface area contributed by atoms with E-state index in [-0.39, 0.29) is 11.8 Å². The van der Waals surface area contributed by atoms with Gasteiger partial charge >= 0.3 is 0 Å². The Morgan fingerprint density at radius 3 is 1.94 bits per heavy atom. The van der Waals surface area contributed by atoms with E-state index in [9.17, 15) is 9.59 Å². The first-order chi connectivity index (χ1) is 23.0. The Labute approximate surface area is 285 Å². The van der Waals surface area contributed by atoms with Crippen molar-refractivity contribution in [1.82, 2.24) is 20.1 Å². The first-order valence-electron chi connectivity index (χ1n) is 18.5. The molecule has 0 saturated heterocycles. The SMILES string of the molecule is CN(CCCCCCN)CCCCCCCCN(C)CCCCCCNCCCC(=O)N1c2ccccc2NC(=O)c2cccnc21. The molecule has 1 aliphatic heterocycles. The van der Waals surface area contributed by atoms with E-state index in [4.69, 9.17) is 5.73 Å². The maximum Gasteiger partial charge on any atom is 0.259 e. The summed E-state index contributed by atoms with van der Waals surface area (Å²) in [6.45, 7) is 7.47. The average molecular weight is 650 g/mol. The topological polar surface area (TPSA) is 107 Å². The van der Waals surface area contributed by atoms with Crippen LogP contribution in [0.5, 0.6) is 0 Å². The van der Waals surface area contributed by atoms with Crippen molar-refractivity contribution in [1.29, 1.82) is 0 Å². The first kappa shape index (κ1) is 38.6. The molecule has 9 nitrogen and oxygen atoms in total. The van der Waals surface area contributed by atoms with Crippen LogP contribution in [0, 0.1) is 0 Å². The molecule has 262 valence electrons. The lowest BCUT2D eigenvalue weighted by Gasteiger charge is -2.22. The van der Waals surface area contributed by atoms with Crippen LogP contribution < -0.4 is 21.3 Å². The lowest BCUT2D eigenvalue weighted by atomic mass is 10.1. The molecule has 3 rings (SSSR count). The van der Waals surface area contributed by atoms with Gasteiger partial charge in [0.05, 0.1) is 16.9 Å². The summed E-state index contributed by atoms with van der Waals surface area (Å²) in [5.74, 6) is 0.0870. The van der Waals surface area contributed by atoms with Crippen LogP contribution in [0.1, 0.15) is 113 Å². The molecule has 0 bridgehead atoms. The normalized spacial score (nSPS) is 12.7. The zero-order chi connectivity index (χ0) is 33.5. The molecule has 2 aromatic rings. The van der Waals surface area contributed by atoms with Gasteiger partial charge in [0, 0.05) is 12.6 Å². The van der Waals surface area contributed by atoms with Crippen LogP contribution in [0.3, 0.4) is 0 Å². The summed E-state index contributed by atoms with van der Waals surface area (Å²) >= 11 is 0. The van der Waals surface area contributed by atoms with Crippen LogP contribution in [-0.2, 0) is 4.79 Å². The van der Waals surface area contributed by atoms with Gasteiger partial charge in [0.25, 0.3) is 5.91 Å². The van der Waals surface area contributed by atoms with Crippen LogP contribution in [0.4, 0.5) is 17.2 Å². The molecule has 0 atom stereocenters. The molecular formula is C38H63N7O2. The Bertz CT molecular complexity index is 1160. The number of carbonyl (C=O) groups excluding carboxylic acids is 2. The van der Waals surface area contributed by atoms with Gasteiger partial charge in [-0.3, -0.25) is 14.5 Å². The summed E-state index contributed by atoms with van der Waals surface area (Å²) in [4.78, 5) is 37.1. The predicted molar refractivity (Wildman–Crippen MR) is 197 cm³/mol.